The molecule has 14 heavy (non-hydrogen) atoms. The summed E-state index contributed by atoms with van der Waals surface area (Å²) in [5.41, 5.74) is 1.75. The fourth-order valence-electron chi connectivity index (χ4n) is 1.12. The van der Waals surface area contributed by atoms with Gasteiger partial charge in [-0.1, -0.05) is 11.8 Å². The highest BCUT2D eigenvalue weighted by atomic mass is 35.5. The van der Waals surface area contributed by atoms with Crippen molar-refractivity contribution in [2.45, 2.75) is 5.22 Å². The van der Waals surface area contributed by atoms with Crippen LogP contribution in [-0.4, -0.2) is 16.5 Å². The molecule has 1 aromatic carbocycles. The topological polar surface area (TPSA) is 43.1 Å². The summed E-state index contributed by atoms with van der Waals surface area (Å²) in [5.74, 6) is 0. The van der Waals surface area contributed by atoms with E-state index in [-0.39, 0.29) is 0 Å². The van der Waals surface area contributed by atoms with Crippen LogP contribution in [0.15, 0.2) is 27.8 Å². The first-order valence-corrected chi connectivity index (χ1v) is 5.45. The van der Waals surface area contributed by atoms with Crippen molar-refractivity contribution in [3.05, 3.63) is 23.8 Å². The second-order valence-electron chi connectivity index (χ2n) is 2.64. The number of halogens is 1. The van der Waals surface area contributed by atoms with E-state index in [2.05, 4.69) is 4.98 Å². The Morgan fingerprint density at radius 1 is 1.57 bits per heavy atom. The Morgan fingerprint density at radius 3 is 3.00 bits per heavy atom. The maximum atomic E-state index is 10.9. The zero-order valence-electron chi connectivity index (χ0n) is 7.28. The molecule has 0 fully saturated rings. The lowest BCUT2D eigenvalue weighted by molar-refractivity contribution is 0.108. The van der Waals surface area contributed by atoms with Gasteiger partial charge in [-0.25, -0.2) is 4.98 Å². The first kappa shape index (κ1) is 9.55. The number of thioether (sulfide) groups is 1. The predicted molar refractivity (Wildman–Crippen MR) is 56.0 cm³/mol. The van der Waals surface area contributed by atoms with E-state index in [1.165, 1.54) is 11.8 Å². The van der Waals surface area contributed by atoms with E-state index < -0.39 is 5.24 Å². The molecule has 0 saturated carbocycles. The number of nitrogens with zero attached hydrogens (tertiary/aromatic N) is 1. The maximum absolute atomic E-state index is 10.9. The highest BCUT2D eigenvalue weighted by molar-refractivity contribution is 7.98. The summed E-state index contributed by atoms with van der Waals surface area (Å²) in [6.45, 7) is 0. The van der Waals surface area contributed by atoms with Crippen molar-refractivity contribution in [1.29, 1.82) is 0 Å². The molecule has 0 aliphatic heterocycles. The van der Waals surface area contributed by atoms with Crippen LogP contribution in [-0.2, 0) is 0 Å². The molecule has 0 N–H and O–H groups in total. The van der Waals surface area contributed by atoms with Gasteiger partial charge in [-0.05, 0) is 36.1 Å². The lowest BCUT2D eigenvalue weighted by atomic mass is 10.2. The summed E-state index contributed by atoms with van der Waals surface area (Å²) < 4.78 is 5.35. The van der Waals surface area contributed by atoms with E-state index in [9.17, 15) is 4.79 Å². The Labute approximate surface area is 89.4 Å². The van der Waals surface area contributed by atoms with Gasteiger partial charge in [-0.15, -0.1) is 0 Å². The Balaban J connectivity index is 2.59. The van der Waals surface area contributed by atoms with E-state index in [4.69, 9.17) is 16.0 Å². The number of carbonyl (C=O) groups is 1. The molecule has 0 amide bonds. The summed E-state index contributed by atoms with van der Waals surface area (Å²) in [7, 11) is 0. The monoisotopic (exact) mass is 227 g/mol. The van der Waals surface area contributed by atoms with Crippen LogP contribution in [0.2, 0.25) is 0 Å². The third-order valence-electron chi connectivity index (χ3n) is 1.77. The Kier molecular flexibility index (Phi) is 2.48. The lowest BCUT2D eigenvalue weighted by Crippen LogP contribution is -1.86. The van der Waals surface area contributed by atoms with Crippen molar-refractivity contribution >= 4 is 39.7 Å². The molecule has 1 aromatic heterocycles. The van der Waals surface area contributed by atoms with E-state index in [1.807, 2.05) is 6.26 Å². The first-order valence-electron chi connectivity index (χ1n) is 3.85. The van der Waals surface area contributed by atoms with Crippen LogP contribution in [0.1, 0.15) is 10.4 Å². The Morgan fingerprint density at radius 2 is 2.36 bits per heavy atom. The molecule has 2 aromatic rings. The molecule has 0 atom stereocenters. The predicted octanol–water partition coefficient (Wildman–Crippen LogP) is 2.93. The molecular formula is C9H6ClNO2S. The van der Waals surface area contributed by atoms with Crippen LogP contribution in [0.5, 0.6) is 0 Å². The number of aromatic nitrogens is 1. The number of oxazole rings is 1. The summed E-state index contributed by atoms with van der Waals surface area (Å²) in [4.78, 5) is 15.0. The van der Waals surface area contributed by atoms with Gasteiger partial charge < -0.3 is 4.42 Å². The molecule has 0 aliphatic carbocycles. The van der Waals surface area contributed by atoms with Gasteiger partial charge in [0, 0.05) is 5.56 Å². The van der Waals surface area contributed by atoms with Crippen LogP contribution < -0.4 is 0 Å². The summed E-state index contributed by atoms with van der Waals surface area (Å²) in [6.07, 6.45) is 1.87. The molecule has 1 heterocycles. The molecule has 2 rings (SSSR count). The van der Waals surface area contributed by atoms with Crippen molar-refractivity contribution in [1.82, 2.24) is 4.98 Å². The highest BCUT2D eigenvalue weighted by Gasteiger charge is 2.07. The van der Waals surface area contributed by atoms with E-state index in [0.717, 1.165) is 0 Å². The normalized spacial score (nSPS) is 10.7. The largest absolute Gasteiger partial charge is 0.431 e. The van der Waals surface area contributed by atoms with Crippen molar-refractivity contribution < 1.29 is 9.21 Å². The molecule has 5 heteroatoms. The number of benzene rings is 1. The van der Waals surface area contributed by atoms with Gasteiger partial charge in [0.2, 0.25) is 0 Å². The zero-order chi connectivity index (χ0) is 10.1. The number of hydrogen-bond donors (Lipinski definition) is 0. The minimum absolute atomic E-state index is 0.431. The molecule has 0 saturated heterocycles. The second kappa shape index (κ2) is 3.63. The third kappa shape index (κ3) is 1.63. The third-order valence-corrected chi connectivity index (χ3v) is 2.51. The zero-order valence-corrected chi connectivity index (χ0v) is 8.85. The van der Waals surface area contributed by atoms with Crippen molar-refractivity contribution in [2.75, 3.05) is 6.26 Å². The number of rotatable bonds is 2. The average Bonchev–Trinajstić information content (AvgIpc) is 2.58. The van der Waals surface area contributed by atoms with Crippen molar-refractivity contribution in [3.8, 4) is 0 Å². The highest BCUT2D eigenvalue weighted by Crippen LogP contribution is 2.22. The van der Waals surface area contributed by atoms with Gasteiger partial charge >= 0.3 is 0 Å². The number of carbonyl (C=O) groups excluding carboxylic acids is 1. The van der Waals surface area contributed by atoms with E-state index >= 15 is 0 Å². The van der Waals surface area contributed by atoms with Gasteiger partial charge in [-0.3, -0.25) is 4.79 Å². The fraction of sp³-hybridized carbons (Fsp3) is 0.111. The summed E-state index contributed by atoms with van der Waals surface area (Å²) in [5, 5.41) is 0.0970. The van der Waals surface area contributed by atoms with Crippen LogP contribution >= 0.6 is 23.4 Å². The van der Waals surface area contributed by atoms with Gasteiger partial charge in [0.05, 0.1) is 0 Å². The molecule has 72 valence electrons. The quantitative estimate of drug-likeness (QED) is 0.585. The van der Waals surface area contributed by atoms with Gasteiger partial charge in [0.25, 0.3) is 10.5 Å². The minimum Gasteiger partial charge on any atom is -0.431 e. The van der Waals surface area contributed by atoms with E-state index in [0.29, 0.717) is 21.9 Å². The molecule has 0 unspecified atom stereocenters. The number of fused-ring (bicyclic) bond motifs is 1. The fourth-order valence-corrected chi connectivity index (χ4v) is 1.60. The van der Waals surface area contributed by atoms with Crippen LogP contribution in [0.3, 0.4) is 0 Å². The Bertz CT molecular complexity index is 495. The number of hydrogen-bond acceptors (Lipinski definition) is 4. The lowest BCUT2D eigenvalue weighted by Gasteiger charge is -1.90. The molecule has 0 bridgehead atoms. The molecule has 3 nitrogen and oxygen atoms in total. The smallest absolute Gasteiger partial charge is 0.256 e. The summed E-state index contributed by atoms with van der Waals surface area (Å²) in [6, 6.07) is 4.93. The molecule has 0 radical (unpaired) electrons. The van der Waals surface area contributed by atoms with Gasteiger partial charge in [0.1, 0.15) is 5.52 Å². The molecular weight excluding hydrogens is 222 g/mol. The molecule has 0 aliphatic rings. The first-order chi connectivity index (χ1) is 6.70. The molecule has 0 spiro atoms. The van der Waals surface area contributed by atoms with Crippen LogP contribution in [0.4, 0.5) is 0 Å². The van der Waals surface area contributed by atoms with Gasteiger partial charge in [0.15, 0.2) is 5.58 Å². The van der Waals surface area contributed by atoms with Gasteiger partial charge in [-0.2, -0.15) is 0 Å². The van der Waals surface area contributed by atoms with Crippen LogP contribution in [0.25, 0.3) is 11.1 Å². The maximum Gasteiger partial charge on any atom is 0.256 e. The van der Waals surface area contributed by atoms with Crippen molar-refractivity contribution in [3.63, 3.8) is 0 Å². The van der Waals surface area contributed by atoms with E-state index in [1.54, 1.807) is 18.2 Å². The Hall–Kier alpha value is -1.00. The second-order valence-corrected chi connectivity index (χ2v) is 3.74. The standard InChI is InChI=1S/C9H6ClNO2S/c1-14-9-11-6-4-5(8(10)12)2-3-7(6)13-9/h2-4H,1H3. The minimum atomic E-state index is -0.486. The average molecular weight is 228 g/mol. The SMILES string of the molecule is CSc1nc2cc(C(=O)Cl)ccc2o1. The van der Waals surface area contributed by atoms with Crippen molar-refractivity contribution in [2.24, 2.45) is 0 Å². The van der Waals surface area contributed by atoms with Crippen LogP contribution in [0, 0.1) is 0 Å². The summed E-state index contributed by atoms with van der Waals surface area (Å²) >= 11 is 6.75.